The molecule has 3 aromatic rings. The number of pyridine rings is 1. The van der Waals surface area contributed by atoms with Gasteiger partial charge in [0.2, 0.25) is 0 Å². The lowest BCUT2D eigenvalue weighted by Crippen LogP contribution is -2.11. The first kappa shape index (κ1) is 16.8. The Bertz CT molecular complexity index is 853. The number of hydrogen-bond donors (Lipinski definition) is 1. The van der Waals surface area contributed by atoms with Gasteiger partial charge in [-0.2, -0.15) is 0 Å². The Morgan fingerprint density at radius 3 is 2.79 bits per heavy atom. The molecule has 0 fully saturated rings. The van der Waals surface area contributed by atoms with Crippen LogP contribution in [0, 0.1) is 0 Å². The predicted molar refractivity (Wildman–Crippen MR) is 97.3 cm³/mol. The lowest BCUT2D eigenvalue weighted by atomic mass is 10.2. The Morgan fingerprint density at radius 1 is 1.21 bits per heavy atom. The molecule has 0 bridgehead atoms. The normalized spacial score (nSPS) is 10.4. The highest BCUT2D eigenvalue weighted by atomic mass is 35.5. The second kappa shape index (κ2) is 7.66. The van der Waals surface area contributed by atoms with E-state index in [-0.39, 0.29) is 5.91 Å². The smallest absolute Gasteiger partial charge is 0.258 e. The average Bonchev–Trinajstić information content (AvgIpc) is 2.93. The molecule has 1 aromatic carbocycles. The second-order valence-electron chi connectivity index (χ2n) is 4.87. The van der Waals surface area contributed by atoms with Gasteiger partial charge in [-0.3, -0.25) is 9.78 Å². The van der Waals surface area contributed by atoms with Crippen molar-refractivity contribution in [2.75, 3.05) is 5.32 Å². The van der Waals surface area contributed by atoms with Gasteiger partial charge in [0.25, 0.3) is 5.91 Å². The number of carbonyl (C=O) groups excluding carboxylic acids is 1. The first-order chi connectivity index (χ1) is 11.6. The van der Waals surface area contributed by atoms with Gasteiger partial charge in [-0.05, 0) is 24.3 Å². The maximum atomic E-state index is 12.2. The fourth-order valence-electron chi connectivity index (χ4n) is 2.01. The Hall–Kier alpha value is -2.08. The number of thiophene rings is 1. The summed E-state index contributed by atoms with van der Waals surface area (Å²) in [7, 11) is 0. The van der Waals surface area contributed by atoms with Gasteiger partial charge in [-0.15, -0.1) is 11.3 Å². The fraction of sp³-hybridized carbons (Fsp3) is 0.0588. The van der Waals surface area contributed by atoms with Crippen molar-refractivity contribution >= 4 is 46.1 Å². The van der Waals surface area contributed by atoms with Crippen LogP contribution in [0.4, 0.5) is 5.69 Å². The molecule has 0 aliphatic carbocycles. The number of rotatable bonds is 5. The van der Waals surface area contributed by atoms with Gasteiger partial charge in [0.15, 0.2) is 0 Å². The number of nitrogens with zero attached hydrogens (tertiary/aromatic N) is 1. The fourth-order valence-corrected chi connectivity index (χ4v) is 3.47. The van der Waals surface area contributed by atoms with E-state index in [0.29, 0.717) is 32.3 Å². The average molecular weight is 379 g/mol. The maximum absolute atomic E-state index is 12.2. The van der Waals surface area contributed by atoms with Crippen LogP contribution < -0.4 is 10.1 Å². The van der Waals surface area contributed by atoms with Crippen LogP contribution in [0.15, 0.2) is 54.9 Å². The first-order valence-corrected chi connectivity index (χ1v) is 8.57. The van der Waals surface area contributed by atoms with Gasteiger partial charge in [0.1, 0.15) is 16.7 Å². The Balaban J connectivity index is 1.67. The number of ether oxygens (including phenoxy) is 1. The van der Waals surface area contributed by atoms with Crippen molar-refractivity contribution in [2.24, 2.45) is 0 Å². The molecule has 1 amide bonds. The highest BCUT2D eigenvalue weighted by molar-refractivity contribution is 7.20. The molecular formula is C17H12Cl2N2O2S. The van der Waals surface area contributed by atoms with Crippen molar-refractivity contribution in [3.63, 3.8) is 0 Å². The van der Waals surface area contributed by atoms with E-state index in [0.717, 1.165) is 16.9 Å². The molecule has 7 heteroatoms. The maximum Gasteiger partial charge on any atom is 0.258 e. The Kier molecular flexibility index (Phi) is 5.35. The first-order valence-electron chi connectivity index (χ1n) is 7.00. The van der Waals surface area contributed by atoms with Crippen LogP contribution in [0.1, 0.15) is 15.9 Å². The van der Waals surface area contributed by atoms with E-state index < -0.39 is 0 Å². The number of hydrogen-bond acceptors (Lipinski definition) is 4. The molecular weight excluding hydrogens is 367 g/mol. The number of nitrogens with one attached hydrogen (secondary N) is 1. The summed E-state index contributed by atoms with van der Waals surface area (Å²) in [5, 5.41) is 2.78. The van der Waals surface area contributed by atoms with Crippen LogP contribution in [0.5, 0.6) is 5.75 Å². The van der Waals surface area contributed by atoms with Crippen LogP contribution >= 0.6 is 34.5 Å². The topological polar surface area (TPSA) is 51.2 Å². The summed E-state index contributed by atoms with van der Waals surface area (Å²) in [6, 6.07) is 12.5. The minimum atomic E-state index is -0.312. The molecule has 0 aliphatic heterocycles. The highest BCUT2D eigenvalue weighted by Gasteiger charge is 2.14. The standard InChI is InChI=1S/C17H12Cl2N2O2S/c18-15-8-14(16(19)24-15)17(22)21-12-4-1-5-13(7-12)23-10-11-3-2-6-20-9-11/h1-9H,10H2,(H,21,22). The Labute approximate surface area is 153 Å². The zero-order valence-electron chi connectivity index (χ0n) is 12.3. The minimum absolute atomic E-state index is 0.312. The summed E-state index contributed by atoms with van der Waals surface area (Å²) >= 11 is 13.0. The number of aromatic nitrogens is 1. The van der Waals surface area contributed by atoms with Crippen molar-refractivity contribution in [2.45, 2.75) is 6.61 Å². The summed E-state index contributed by atoms with van der Waals surface area (Å²) in [6.07, 6.45) is 3.45. The summed E-state index contributed by atoms with van der Waals surface area (Å²) in [5.41, 5.74) is 1.93. The third kappa shape index (κ3) is 4.26. The number of benzene rings is 1. The number of amides is 1. The van der Waals surface area contributed by atoms with E-state index in [9.17, 15) is 4.79 Å². The van der Waals surface area contributed by atoms with Gasteiger partial charge >= 0.3 is 0 Å². The summed E-state index contributed by atoms with van der Waals surface area (Å²) in [6.45, 7) is 0.400. The quantitative estimate of drug-likeness (QED) is 0.656. The molecule has 122 valence electrons. The molecule has 0 saturated carbocycles. The lowest BCUT2D eigenvalue weighted by Gasteiger charge is -2.09. The molecule has 0 aliphatic rings. The van der Waals surface area contributed by atoms with Gasteiger partial charge in [-0.1, -0.05) is 35.3 Å². The summed E-state index contributed by atoms with van der Waals surface area (Å²) < 4.78 is 6.54. The largest absolute Gasteiger partial charge is 0.489 e. The van der Waals surface area contributed by atoms with Crippen LogP contribution in [0.2, 0.25) is 8.67 Å². The lowest BCUT2D eigenvalue weighted by molar-refractivity contribution is 0.102. The predicted octanol–water partition coefficient (Wildman–Crippen LogP) is 5.28. The van der Waals surface area contributed by atoms with E-state index in [2.05, 4.69) is 10.3 Å². The molecule has 3 rings (SSSR count). The minimum Gasteiger partial charge on any atom is -0.489 e. The van der Waals surface area contributed by atoms with Crippen molar-refractivity contribution in [1.29, 1.82) is 0 Å². The molecule has 1 N–H and O–H groups in total. The number of carbonyl (C=O) groups is 1. The number of halogens is 2. The van der Waals surface area contributed by atoms with Gasteiger partial charge in [-0.25, -0.2) is 0 Å². The van der Waals surface area contributed by atoms with Gasteiger partial charge in [0, 0.05) is 29.7 Å². The molecule has 2 aromatic heterocycles. The highest BCUT2D eigenvalue weighted by Crippen LogP contribution is 2.31. The second-order valence-corrected chi connectivity index (χ2v) is 7.16. The molecule has 24 heavy (non-hydrogen) atoms. The van der Waals surface area contributed by atoms with Crippen molar-refractivity contribution in [1.82, 2.24) is 4.98 Å². The zero-order chi connectivity index (χ0) is 16.9. The molecule has 0 spiro atoms. The van der Waals surface area contributed by atoms with E-state index in [1.165, 1.54) is 0 Å². The SMILES string of the molecule is O=C(Nc1cccc(OCc2cccnc2)c1)c1cc(Cl)sc1Cl. The van der Waals surface area contributed by atoms with Crippen molar-refractivity contribution < 1.29 is 9.53 Å². The van der Waals surface area contributed by atoms with Crippen molar-refractivity contribution in [3.8, 4) is 5.75 Å². The number of anilines is 1. The van der Waals surface area contributed by atoms with Crippen LogP contribution in [0.3, 0.4) is 0 Å². The van der Waals surface area contributed by atoms with Crippen molar-refractivity contribution in [3.05, 3.63) is 74.7 Å². The van der Waals surface area contributed by atoms with E-state index in [1.54, 1.807) is 36.7 Å². The van der Waals surface area contributed by atoms with E-state index in [1.807, 2.05) is 18.2 Å². The zero-order valence-corrected chi connectivity index (χ0v) is 14.7. The van der Waals surface area contributed by atoms with Gasteiger partial charge < -0.3 is 10.1 Å². The molecule has 4 nitrogen and oxygen atoms in total. The van der Waals surface area contributed by atoms with E-state index >= 15 is 0 Å². The molecule has 0 atom stereocenters. The molecule has 0 saturated heterocycles. The van der Waals surface area contributed by atoms with Gasteiger partial charge in [0.05, 0.1) is 9.90 Å². The summed E-state index contributed by atoms with van der Waals surface area (Å²) in [4.78, 5) is 16.3. The summed E-state index contributed by atoms with van der Waals surface area (Å²) in [5.74, 6) is 0.332. The monoisotopic (exact) mass is 378 g/mol. The van der Waals surface area contributed by atoms with Crippen LogP contribution in [-0.2, 0) is 6.61 Å². The van der Waals surface area contributed by atoms with Crippen LogP contribution in [0.25, 0.3) is 0 Å². The van der Waals surface area contributed by atoms with Crippen LogP contribution in [-0.4, -0.2) is 10.9 Å². The Morgan fingerprint density at radius 2 is 2.08 bits per heavy atom. The molecule has 0 radical (unpaired) electrons. The third-order valence-corrected chi connectivity index (χ3v) is 4.61. The molecule has 0 unspecified atom stereocenters. The molecule has 2 heterocycles. The van der Waals surface area contributed by atoms with E-state index in [4.69, 9.17) is 27.9 Å². The third-order valence-electron chi connectivity index (χ3n) is 3.12.